The molecule has 4 amide bonds. The van der Waals surface area contributed by atoms with Crippen LogP contribution in [-0.4, -0.2) is 24.5 Å². The number of nitrogens with zero attached hydrogens (tertiary/aromatic N) is 1. The quantitative estimate of drug-likeness (QED) is 0.119. The van der Waals surface area contributed by atoms with Crippen LogP contribution in [0.15, 0.2) is 109 Å². The number of carbonyl (C=O) groups excluding carboxylic acids is 3. The summed E-state index contributed by atoms with van der Waals surface area (Å²) < 4.78 is 17.8. The Morgan fingerprint density at radius 1 is 0.787 bits per heavy atom. The molecule has 0 aromatic heterocycles. The molecule has 0 aliphatic carbocycles. The highest BCUT2D eigenvalue weighted by atomic mass is 35.5. The lowest BCUT2D eigenvalue weighted by Crippen LogP contribution is -2.54. The van der Waals surface area contributed by atoms with Gasteiger partial charge in [0.05, 0.1) is 17.3 Å². The Bertz CT molecular complexity index is 2000. The van der Waals surface area contributed by atoms with Crippen molar-refractivity contribution in [1.82, 2.24) is 5.32 Å². The third kappa shape index (κ3) is 7.09. The zero-order valence-corrected chi connectivity index (χ0v) is 26.7. The molecule has 1 heterocycles. The van der Waals surface area contributed by atoms with Gasteiger partial charge in [-0.05, 0) is 89.0 Å². The van der Waals surface area contributed by atoms with E-state index in [4.69, 9.17) is 37.4 Å². The lowest BCUT2D eigenvalue weighted by atomic mass is 10.1. The Morgan fingerprint density at radius 2 is 1.53 bits per heavy atom. The molecule has 1 aliphatic rings. The molecule has 1 saturated heterocycles. The van der Waals surface area contributed by atoms with Gasteiger partial charge in [-0.1, -0.05) is 77.8 Å². The molecule has 0 spiro atoms. The fourth-order valence-corrected chi connectivity index (χ4v) is 5.54. The van der Waals surface area contributed by atoms with Gasteiger partial charge >= 0.3 is 6.03 Å². The average Bonchev–Trinajstić information content (AvgIpc) is 3.07. The van der Waals surface area contributed by atoms with Crippen molar-refractivity contribution in [1.29, 1.82) is 0 Å². The second-order valence-corrected chi connectivity index (χ2v) is 11.4. The molecule has 47 heavy (non-hydrogen) atoms. The van der Waals surface area contributed by atoms with Crippen LogP contribution in [0.25, 0.3) is 16.8 Å². The SMILES string of the molecule is CCOc1cc(/C=C2\C(=O)NC(=O)N(c3ccc(OCc4ccc(Cl)cc4)cc3)C2=O)cc(Cl)c1OCc1cccc2ccccc12. The Balaban J connectivity index is 1.22. The van der Waals surface area contributed by atoms with Crippen LogP contribution < -0.4 is 24.4 Å². The monoisotopic (exact) mass is 666 g/mol. The van der Waals surface area contributed by atoms with Crippen molar-refractivity contribution in [3.63, 3.8) is 0 Å². The van der Waals surface area contributed by atoms with E-state index in [0.717, 1.165) is 26.8 Å². The number of urea groups is 1. The van der Waals surface area contributed by atoms with Gasteiger partial charge in [-0.2, -0.15) is 0 Å². The number of hydrogen-bond acceptors (Lipinski definition) is 6. The molecule has 6 rings (SSSR count). The summed E-state index contributed by atoms with van der Waals surface area (Å²) in [5.41, 5.74) is 2.32. The molecule has 0 saturated carbocycles. The second-order valence-electron chi connectivity index (χ2n) is 10.6. The van der Waals surface area contributed by atoms with Crippen molar-refractivity contribution in [2.75, 3.05) is 11.5 Å². The van der Waals surface area contributed by atoms with Crippen molar-refractivity contribution in [2.45, 2.75) is 20.1 Å². The molecule has 0 atom stereocenters. The summed E-state index contributed by atoms with van der Waals surface area (Å²) in [6, 6.07) is 30.0. The predicted molar refractivity (Wildman–Crippen MR) is 182 cm³/mol. The zero-order valence-electron chi connectivity index (χ0n) is 25.2. The fourth-order valence-electron chi connectivity index (χ4n) is 5.14. The summed E-state index contributed by atoms with van der Waals surface area (Å²) in [6.07, 6.45) is 1.36. The van der Waals surface area contributed by atoms with Crippen molar-refractivity contribution in [3.8, 4) is 17.2 Å². The highest BCUT2D eigenvalue weighted by Gasteiger charge is 2.37. The summed E-state index contributed by atoms with van der Waals surface area (Å²) in [5, 5.41) is 5.25. The van der Waals surface area contributed by atoms with Gasteiger partial charge in [0.15, 0.2) is 11.5 Å². The van der Waals surface area contributed by atoms with E-state index in [1.165, 1.54) is 6.08 Å². The summed E-state index contributed by atoms with van der Waals surface area (Å²) in [7, 11) is 0. The van der Waals surface area contributed by atoms with Crippen LogP contribution in [0.2, 0.25) is 10.0 Å². The van der Waals surface area contributed by atoms with Crippen molar-refractivity contribution in [3.05, 3.63) is 135 Å². The normalized spacial score (nSPS) is 14.0. The number of nitrogens with one attached hydrogen (secondary N) is 1. The van der Waals surface area contributed by atoms with Gasteiger partial charge in [-0.3, -0.25) is 14.9 Å². The van der Waals surface area contributed by atoms with Crippen molar-refractivity contribution < 1.29 is 28.6 Å². The Labute approximate surface area is 281 Å². The smallest absolute Gasteiger partial charge is 0.335 e. The molecule has 5 aromatic rings. The van der Waals surface area contributed by atoms with Gasteiger partial charge in [0.1, 0.15) is 24.5 Å². The van der Waals surface area contributed by atoms with Gasteiger partial charge in [-0.25, -0.2) is 9.69 Å². The topological polar surface area (TPSA) is 94.2 Å². The fraction of sp³-hybridized carbons (Fsp3) is 0.108. The van der Waals surface area contributed by atoms with E-state index in [1.807, 2.05) is 61.5 Å². The van der Waals surface area contributed by atoms with Crippen molar-refractivity contribution in [2.24, 2.45) is 0 Å². The minimum Gasteiger partial charge on any atom is -0.490 e. The summed E-state index contributed by atoms with van der Waals surface area (Å²) >= 11 is 12.6. The molecule has 0 unspecified atom stereocenters. The number of fused-ring (bicyclic) bond motifs is 1. The third-order valence-electron chi connectivity index (χ3n) is 7.41. The van der Waals surface area contributed by atoms with Crippen LogP contribution in [0.4, 0.5) is 10.5 Å². The first-order valence-corrected chi connectivity index (χ1v) is 15.5. The number of rotatable bonds is 10. The third-order valence-corrected chi connectivity index (χ3v) is 7.94. The van der Waals surface area contributed by atoms with Gasteiger partial charge in [0.25, 0.3) is 11.8 Å². The summed E-state index contributed by atoms with van der Waals surface area (Å²) in [4.78, 5) is 40.1. The minimum atomic E-state index is -0.864. The van der Waals surface area contributed by atoms with Gasteiger partial charge in [0, 0.05) is 5.02 Å². The van der Waals surface area contributed by atoms with E-state index in [0.29, 0.717) is 41.0 Å². The van der Waals surface area contributed by atoms with E-state index < -0.39 is 17.8 Å². The largest absolute Gasteiger partial charge is 0.490 e. The van der Waals surface area contributed by atoms with E-state index in [-0.39, 0.29) is 22.9 Å². The van der Waals surface area contributed by atoms with Gasteiger partial charge < -0.3 is 14.2 Å². The minimum absolute atomic E-state index is 0.230. The van der Waals surface area contributed by atoms with E-state index in [9.17, 15) is 14.4 Å². The lowest BCUT2D eigenvalue weighted by Gasteiger charge is -2.26. The maximum Gasteiger partial charge on any atom is 0.335 e. The number of imide groups is 2. The van der Waals surface area contributed by atoms with E-state index in [2.05, 4.69) is 5.32 Å². The molecule has 1 aliphatic heterocycles. The number of benzene rings is 5. The Hall–Kier alpha value is -5.31. The molecule has 5 aromatic carbocycles. The molecule has 10 heteroatoms. The zero-order chi connectivity index (χ0) is 32.9. The van der Waals surface area contributed by atoms with E-state index >= 15 is 0 Å². The molecular weight excluding hydrogens is 639 g/mol. The number of hydrogen-bond donors (Lipinski definition) is 1. The standard InChI is InChI=1S/C37H28Cl2N2O6/c1-2-45-33-20-24(19-32(39)34(33)47-22-26-8-5-7-25-6-3-4-9-30(25)26)18-31-35(42)40-37(44)41(36(31)43)28-14-16-29(17-15-28)46-21-23-10-12-27(38)13-11-23/h3-20H,2,21-22H2,1H3,(H,40,42,44)/b31-18+. The first-order chi connectivity index (χ1) is 22.8. The molecule has 236 valence electrons. The summed E-state index contributed by atoms with van der Waals surface area (Å²) in [6.45, 7) is 2.69. The highest BCUT2D eigenvalue weighted by Crippen LogP contribution is 2.38. The summed E-state index contributed by atoms with van der Waals surface area (Å²) in [5.74, 6) is -0.416. The number of anilines is 1. The van der Waals surface area contributed by atoms with Crippen LogP contribution >= 0.6 is 23.2 Å². The number of carbonyl (C=O) groups is 3. The Kier molecular flexibility index (Phi) is 9.42. The van der Waals surface area contributed by atoms with Gasteiger partial charge in [0.2, 0.25) is 0 Å². The van der Waals surface area contributed by atoms with Crippen LogP contribution in [0.3, 0.4) is 0 Å². The lowest BCUT2D eigenvalue weighted by molar-refractivity contribution is -0.122. The Morgan fingerprint density at radius 3 is 2.30 bits per heavy atom. The first kappa shape index (κ1) is 31.7. The molecule has 8 nitrogen and oxygen atoms in total. The molecule has 0 radical (unpaired) electrons. The second kappa shape index (κ2) is 14.0. The van der Waals surface area contributed by atoms with Crippen LogP contribution in [0, 0.1) is 0 Å². The maximum atomic E-state index is 13.5. The number of halogens is 2. The van der Waals surface area contributed by atoms with Crippen LogP contribution in [0.5, 0.6) is 17.2 Å². The maximum absolute atomic E-state index is 13.5. The number of amides is 4. The highest BCUT2D eigenvalue weighted by molar-refractivity contribution is 6.39. The molecule has 1 fully saturated rings. The molecule has 1 N–H and O–H groups in total. The number of ether oxygens (including phenoxy) is 3. The molecule has 0 bridgehead atoms. The van der Waals surface area contributed by atoms with Crippen LogP contribution in [-0.2, 0) is 22.8 Å². The average molecular weight is 668 g/mol. The van der Waals surface area contributed by atoms with E-state index in [1.54, 1.807) is 48.5 Å². The number of barbiturate groups is 1. The first-order valence-electron chi connectivity index (χ1n) is 14.7. The predicted octanol–water partition coefficient (Wildman–Crippen LogP) is 8.37. The molecular formula is C37H28Cl2N2O6. The van der Waals surface area contributed by atoms with Gasteiger partial charge in [-0.15, -0.1) is 0 Å². The van der Waals surface area contributed by atoms with Crippen molar-refractivity contribution >= 4 is 63.6 Å². The van der Waals surface area contributed by atoms with Crippen LogP contribution in [0.1, 0.15) is 23.6 Å².